The predicted octanol–water partition coefficient (Wildman–Crippen LogP) is -2.56. The van der Waals surface area contributed by atoms with Crippen molar-refractivity contribution < 1.29 is 71.2 Å². The zero-order chi connectivity index (χ0) is 17.3. The number of carboxylic acids is 1. The second-order valence-electron chi connectivity index (χ2n) is 8.32. The second kappa shape index (κ2) is 8.55. The molecule has 0 aromatic rings. The molecule has 0 aromatic carbocycles. The van der Waals surface area contributed by atoms with Crippen LogP contribution < -0.4 is 61.8 Å². The van der Waals surface area contributed by atoms with Crippen LogP contribution in [-0.2, 0) is 9.63 Å². The van der Waals surface area contributed by atoms with Gasteiger partial charge in [0.25, 0.3) is 0 Å². The van der Waals surface area contributed by atoms with Gasteiger partial charge in [0, 0.05) is 23.2 Å². The average molecular weight is 355 g/mol. The maximum Gasteiger partial charge on any atom is 1.00 e. The Labute approximate surface area is 182 Å². The standard InChI is InChI=1S/C16H32N2O4.K/c1-11(13(19)20)17-12-8-14(2,3)18(15(4,5)9-12)22-10-16(6,7)21;/h11-12,17,21H,8-10H2,1-7H3,(H,19,20);/q;+1/p-1. The van der Waals surface area contributed by atoms with Gasteiger partial charge in [-0.2, -0.15) is 5.06 Å². The van der Waals surface area contributed by atoms with E-state index in [1.807, 2.05) is 5.06 Å². The number of carbonyl (C=O) groups is 1. The minimum absolute atomic E-state index is 0. The fourth-order valence-electron chi connectivity index (χ4n) is 3.37. The molecule has 6 nitrogen and oxygen atoms in total. The van der Waals surface area contributed by atoms with Crippen molar-refractivity contribution in [2.75, 3.05) is 6.61 Å². The molecule has 2 N–H and O–H groups in total. The summed E-state index contributed by atoms with van der Waals surface area (Å²) in [6.45, 7) is 13.5. The van der Waals surface area contributed by atoms with Crippen LogP contribution in [0, 0.1) is 0 Å². The summed E-state index contributed by atoms with van der Waals surface area (Å²) in [5.74, 6) is -1.09. The van der Waals surface area contributed by atoms with E-state index in [9.17, 15) is 15.0 Å². The van der Waals surface area contributed by atoms with E-state index >= 15 is 0 Å². The van der Waals surface area contributed by atoms with Crippen LogP contribution in [0.3, 0.4) is 0 Å². The minimum atomic E-state index is -1.09. The summed E-state index contributed by atoms with van der Waals surface area (Å²) in [4.78, 5) is 16.8. The molecule has 23 heavy (non-hydrogen) atoms. The van der Waals surface area contributed by atoms with Crippen molar-refractivity contribution in [2.24, 2.45) is 0 Å². The molecule has 0 amide bonds. The summed E-state index contributed by atoms with van der Waals surface area (Å²) in [5, 5.41) is 25.9. The third-order valence-corrected chi connectivity index (χ3v) is 3.98. The second-order valence-corrected chi connectivity index (χ2v) is 8.32. The first kappa shape index (κ1) is 23.9. The first-order valence-electron chi connectivity index (χ1n) is 7.87. The predicted molar refractivity (Wildman–Crippen MR) is 82.9 cm³/mol. The smallest absolute Gasteiger partial charge is 0.548 e. The van der Waals surface area contributed by atoms with Gasteiger partial charge in [0.15, 0.2) is 0 Å². The quantitative estimate of drug-likeness (QED) is 0.511. The van der Waals surface area contributed by atoms with E-state index in [-0.39, 0.29) is 75.1 Å². The first-order chi connectivity index (χ1) is 9.74. The number of hydroxylamine groups is 2. The normalized spacial score (nSPS) is 23.1. The van der Waals surface area contributed by atoms with Crippen LogP contribution in [-0.4, -0.2) is 51.5 Å². The number of piperidine rings is 1. The summed E-state index contributed by atoms with van der Waals surface area (Å²) < 4.78 is 0. The van der Waals surface area contributed by atoms with Gasteiger partial charge in [-0.3, -0.25) is 4.84 Å². The molecule has 1 saturated heterocycles. The summed E-state index contributed by atoms with van der Waals surface area (Å²) in [6, 6.07) is -0.611. The largest absolute Gasteiger partial charge is 1.00 e. The monoisotopic (exact) mass is 354 g/mol. The Bertz CT molecular complexity index is 389. The van der Waals surface area contributed by atoms with E-state index in [1.165, 1.54) is 0 Å². The molecular weight excluding hydrogens is 323 g/mol. The third kappa shape index (κ3) is 7.38. The van der Waals surface area contributed by atoms with Crippen LogP contribution in [0.2, 0.25) is 0 Å². The summed E-state index contributed by atoms with van der Waals surface area (Å²) >= 11 is 0. The first-order valence-corrected chi connectivity index (χ1v) is 7.87. The molecule has 0 radical (unpaired) electrons. The van der Waals surface area contributed by atoms with Crippen molar-refractivity contribution in [2.45, 2.75) is 90.1 Å². The molecule has 1 atom stereocenters. The summed E-state index contributed by atoms with van der Waals surface area (Å²) in [6.07, 6.45) is 1.50. The van der Waals surface area contributed by atoms with Crippen molar-refractivity contribution in [3.05, 3.63) is 0 Å². The fraction of sp³-hybridized carbons (Fsp3) is 0.938. The molecule has 0 bridgehead atoms. The molecule has 1 rings (SSSR count). The minimum Gasteiger partial charge on any atom is -0.548 e. The molecule has 1 heterocycles. The molecular formula is C16H31KN2O4. The Morgan fingerprint density at radius 2 is 1.78 bits per heavy atom. The number of rotatable bonds is 6. The van der Waals surface area contributed by atoms with Crippen LogP contribution in [0.4, 0.5) is 0 Å². The van der Waals surface area contributed by atoms with Crippen molar-refractivity contribution in [3.63, 3.8) is 0 Å². The van der Waals surface area contributed by atoms with Gasteiger partial charge in [0.05, 0.1) is 18.2 Å². The Morgan fingerprint density at radius 1 is 1.35 bits per heavy atom. The Balaban J connectivity index is 0.00000484. The van der Waals surface area contributed by atoms with Crippen LogP contribution in [0.1, 0.15) is 61.3 Å². The van der Waals surface area contributed by atoms with E-state index in [0.29, 0.717) is 0 Å². The average Bonchev–Trinajstić information content (AvgIpc) is 2.23. The number of aliphatic carboxylic acids is 1. The molecule has 0 aliphatic carbocycles. The van der Waals surface area contributed by atoms with Gasteiger partial charge in [-0.15, -0.1) is 0 Å². The molecule has 0 saturated carbocycles. The van der Waals surface area contributed by atoms with E-state index in [4.69, 9.17) is 4.84 Å². The zero-order valence-electron chi connectivity index (χ0n) is 15.9. The number of nitrogens with one attached hydrogen (secondary N) is 1. The van der Waals surface area contributed by atoms with Gasteiger partial charge in [0.1, 0.15) is 0 Å². The van der Waals surface area contributed by atoms with E-state index < -0.39 is 17.6 Å². The van der Waals surface area contributed by atoms with Crippen molar-refractivity contribution in [3.8, 4) is 0 Å². The molecule has 0 aromatic heterocycles. The van der Waals surface area contributed by atoms with Gasteiger partial charge in [0.2, 0.25) is 0 Å². The van der Waals surface area contributed by atoms with Crippen molar-refractivity contribution in [1.29, 1.82) is 0 Å². The SMILES string of the molecule is CC(NC1CC(C)(C)N(OCC(C)(C)O)C(C)(C)C1)C(=O)[O-].[K+]. The van der Waals surface area contributed by atoms with Gasteiger partial charge in [-0.1, -0.05) is 0 Å². The van der Waals surface area contributed by atoms with Crippen molar-refractivity contribution in [1.82, 2.24) is 10.4 Å². The van der Waals surface area contributed by atoms with E-state index in [2.05, 4.69) is 33.0 Å². The number of carbonyl (C=O) groups excluding carboxylic acids is 1. The summed E-state index contributed by atoms with van der Waals surface area (Å²) in [7, 11) is 0. The van der Waals surface area contributed by atoms with Gasteiger partial charge in [-0.25, -0.2) is 0 Å². The maximum absolute atomic E-state index is 10.9. The zero-order valence-corrected chi connectivity index (χ0v) is 19.0. The molecule has 0 spiro atoms. The topological polar surface area (TPSA) is 84.9 Å². The number of aliphatic hydroxyl groups is 1. The van der Waals surface area contributed by atoms with E-state index in [0.717, 1.165) is 12.8 Å². The van der Waals surface area contributed by atoms with Crippen LogP contribution in [0.5, 0.6) is 0 Å². The molecule has 1 aliphatic heterocycles. The molecule has 1 fully saturated rings. The van der Waals surface area contributed by atoms with Crippen LogP contribution >= 0.6 is 0 Å². The maximum atomic E-state index is 10.9. The van der Waals surface area contributed by atoms with E-state index in [1.54, 1.807) is 20.8 Å². The Hall–Kier alpha value is 0.946. The molecule has 130 valence electrons. The number of hydrogen-bond acceptors (Lipinski definition) is 6. The van der Waals surface area contributed by atoms with Crippen LogP contribution in [0.15, 0.2) is 0 Å². The fourth-order valence-corrected chi connectivity index (χ4v) is 3.37. The third-order valence-electron chi connectivity index (χ3n) is 3.98. The van der Waals surface area contributed by atoms with Gasteiger partial charge < -0.3 is 20.3 Å². The summed E-state index contributed by atoms with van der Waals surface area (Å²) in [5.41, 5.74) is -1.46. The number of nitrogens with zero attached hydrogens (tertiary/aromatic N) is 1. The molecule has 1 unspecified atom stereocenters. The number of carboxylic acid groups (broad SMARTS) is 1. The van der Waals surface area contributed by atoms with Crippen LogP contribution in [0.25, 0.3) is 0 Å². The molecule has 7 heteroatoms. The Morgan fingerprint density at radius 3 is 2.13 bits per heavy atom. The molecule has 1 aliphatic rings. The van der Waals surface area contributed by atoms with Crippen molar-refractivity contribution >= 4 is 5.97 Å². The van der Waals surface area contributed by atoms with Gasteiger partial charge >= 0.3 is 51.4 Å². The number of hydrogen-bond donors (Lipinski definition) is 2. The Kier molecular flexibility index (Phi) is 8.91. The van der Waals surface area contributed by atoms with Gasteiger partial charge in [-0.05, 0) is 61.3 Å².